The first-order valence-corrected chi connectivity index (χ1v) is 7.46. The third-order valence-electron chi connectivity index (χ3n) is 4.19. The summed E-state index contributed by atoms with van der Waals surface area (Å²) in [5.41, 5.74) is 2.06. The number of carboxylic acids is 1. The molecule has 2 heterocycles. The molecule has 0 saturated carbocycles. The summed E-state index contributed by atoms with van der Waals surface area (Å²) in [6, 6.07) is 7.94. The molecule has 7 heteroatoms. The molecule has 7 nitrogen and oxygen atoms in total. The zero-order valence-corrected chi connectivity index (χ0v) is 13.0. The molecule has 1 N–H and O–H groups in total. The molecule has 0 spiro atoms. The number of likely N-dealkylation sites (tertiary alicyclic amines) is 1. The van der Waals surface area contributed by atoms with E-state index in [0.717, 1.165) is 11.1 Å². The molecule has 2 aromatic rings. The van der Waals surface area contributed by atoms with E-state index in [1.807, 2.05) is 38.1 Å². The number of carbonyl (C=O) groups is 2. The lowest BCUT2D eigenvalue weighted by atomic mass is 9.96. The molecule has 1 aliphatic heterocycles. The van der Waals surface area contributed by atoms with Crippen LogP contribution in [0.4, 0.5) is 0 Å². The van der Waals surface area contributed by atoms with Crippen LogP contribution in [0.15, 0.2) is 30.5 Å². The smallest absolute Gasteiger partial charge is 0.358 e. The molecule has 0 unspecified atom stereocenters. The Kier molecular flexibility index (Phi) is 3.85. The number of aromatic nitrogens is 3. The van der Waals surface area contributed by atoms with Gasteiger partial charge in [0.2, 0.25) is 5.91 Å². The molecule has 23 heavy (non-hydrogen) atoms. The topological polar surface area (TPSA) is 88.3 Å². The second-order valence-electron chi connectivity index (χ2n) is 5.92. The van der Waals surface area contributed by atoms with Gasteiger partial charge < -0.3 is 10.0 Å². The summed E-state index contributed by atoms with van der Waals surface area (Å²) in [7, 11) is 0. The Hall–Kier alpha value is -2.70. The lowest BCUT2D eigenvalue weighted by Gasteiger charge is -2.40. The summed E-state index contributed by atoms with van der Waals surface area (Å²) in [6.45, 7) is 4.96. The van der Waals surface area contributed by atoms with Gasteiger partial charge in [-0.1, -0.05) is 35.0 Å². The zero-order valence-electron chi connectivity index (χ0n) is 13.0. The number of hydrogen-bond acceptors (Lipinski definition) is 4. The Morgan fingerprint density at radius 3 is 2.70 bits per heavy atom. The van der Waals surface area contributed by atoms with Gasteiger partial charge in [0.15, 0.2) is 5.69 Å². The standard InChI is InChI=1S/C16H18N4O3/c1-10-4-3-5-12(6-10)11(2)15(21)19-7-13(8-19)20-9-14(16(22)23)17-18-20/h3-6,9,11,13H,7-8H2,1-2H3,(H,22,23)/t11-/m0/s1. The second kappa shape index (κ2) is 5.83. The van der Waals surface area contributed by atoms with Crippen LogP contribution in [0.2, 0.25) is 0 Å². The fourth-order valence-corrected chi connectivity index (χ4v) is 2.71. The number of benzene rings is 1. The van der Waals surface area contributed by atoms with Crippen LogP contribution in [-0.4, -0.2) is 50.0 Å². The van der Waals surface area contributed by atoms with E-state index >= 15 is 0 Å². The predicted molar refractivity (Wildman–Crippen MR) is 82.2 cm³/mol. The predicted octanol–water partition coefficient (Wildman–Crippen LogP) is 1.47. The Morgan fingerprint density at radius 2 is 2.09 bits per heavy atom. The molecule has 1 fully saturated rings. The fourth-order valence-electron chi connectivity index (χ4n) is 2.71. The van der Waals surface area contributed by atoms with Gasteiger partial charge in [-0.2, -0.15) is 0 Å². The Bertz CT molecular complexity index is 749. The third kappa shape index (κ3) is 2.94. The van der Waals surface area contributed by atoms with Crippen molar-refractivity contribution in [3.63, 3.8) is 0 Å². The van der Waals surface area contributed by atoms with Crippen molar-refractivity contribution >= 4 is 11.9 Å². The molecule has 0 bridgehead atoms. The molecule has 0 aliphatic carbocycles. The third-order valence-corrected chi connectivity index (χ3v) is 4.19. The van der Waals surface area contributed by atoms with Gasteiger partial charge in [0.25, 0.3) is 0 Å². The summed E-state index contributed by atoms with van der Waals surface area (Å²) in [5.74, 6) is -1.22. The van der Waals surface area contributed by atoms with Crippen LogP contribution in [-0.2, 0) is 4.79 Å². The van der Waals surface area contributed by atoms with E-state index in [-0.39, 0.29) is 23.6 Å². The van der Waals surface area contributed by atoms with Crippen molar-refractivity contribution in [2.45, 2.75) is 25.8 Å². The molecule has 3 rings (SSSR count). The lowest BCUT2D eigenvalue weighted by molar-refractivity contribution is -0.138. The Labute approximate surface area is 133 Å². The van der Waals surface area contributed by atoms with Crippen molar-refractivity contribution in [3.05, 3.63) is 47.3 Å². The SMILES string of the molecule is Cc1cccc([C@H](C)C(=O)N2CC(n3cc(C(=O)O)nn3)C2)c1. The van der Waals surface area contributed by atoms with Crippen LogP contribution >= 0.6 is 0 Å². The molecule has 1 aromatic carbocycles. The molecular weight excluding hydrogens is 296 g/mol. The van der Waals surface area contributed by atoms with E-state index in [4.69, 9.17) is 5.11 Å². The van der Waals surface area contributed by atoms with Crippen LogP contribution in [0, 0.1) is 6.92 Å². The zero-order chi connectivity index (χ0) is 16.6. The largest absolute Gasteiger partial charge is 0.476 e. The second-order valence-corrected chi connectivity index (χ2v) is 5.92. The van der Waals surface area contributed by atoms with Gasteiger partial charge in [-0.25, -0.2) is 9.48 Å². The Morgan fingerprint density at radius 1 is 1.35 bits per heavy atom. The summed E-state index contributed by atoms with van der Waals surface area (Å²) in [5, 5.41) is 16.3. The van der Waals surface area contributed by atoms with Crippen molar-refractivity contribution in [1.29, 1.82) is 0 Å². The highest BCUT2D eigenvalue weighted by molar-refractivity contribution is 5.85. The van der Waals surface area contributed by atoms with Gasteiger partial charge in [0.1, 0.15) is 0 Å². The highest BCUT2D eigenvalue weighted by Crippen LogP contribution is 2.26. The van der Waals surface area contributed by atoms with Crippen LogP contribution in [0.25, 0.3) is 0 Å². The molecular formula is C16H18N4O3. The number of carbonyl (C=O) groups excluding carboxylic acids is 1. The number of hydrogen-bond donors (Lipinski definition) is 1. The lowest BCUT2D eigenvalue weighted by Crippen LogP contribution is -2.52. The maximum atomic E-state index is 12.5. The van der Waals surface area contributed by atoms with Crippen molar-refractivity contribution in [2.24, 2.45) is 0 Å². The van der Waals surface area contributed by atoms with E-state index in [1.165, 1.54) is 10.9 Å². The minimum atomic E-state index is -1.10. The summed E-state index contributed by atoms with van der Waals surface area (Å²) >= 11 is 0. The van der Waals surface area contributed by atoms with E-state index in [0.29, 0.717) is 13.1 Å². The number of aromatic carboxylic acids is 1. The van der Waals surface area contributed by atoms with E-state index in [2.05, 4.69) is 10.3 Å². The first kappa shape index (κ1) is 15.2. The molecule has 1 saturated heterocycles. The molecule has 1 atom stereocenters. The van der Waals surface area contributed by atoms with Crippen LogP contribution in [0.3, 0.4) is 0 Å². The van der Waals surface area contributed by atoms with E-state index in [1.54, 1.807) is 4.90 Å². The van der Waals surface area contributed by atoms with Crippen molar-refractivity contribution < 1.29 is 14.7 Å². The Balaban J connectivity index is 1.62. The maximum Gasteiger partial charge on any atom is 0.358 e. The molecule has 1 aromatic heterocycles. The summed E-state index contributed by atoms with van der Waals surface area (Å²) in [4.78, 5) is 25.1. The average Bonchev–Trinajstić information content (AvgIpc) is 2.94. The first-order chi connectivity index (χ1) is 11.0. The van der Waals surface area contributed by atoms with Gasteiger partial charge in [-0.15, -0.1) is 5.10 Å². The summed E-state index contributed by atoms with van der Waals surface area (Å²) < 4.78 is 1.52. The monoisotopic (exact) mass is 314 g/mol. The average molecular weight is 314 g/mol. The molecule has 1 amide bonds. The number of nitrogens with zero attached hydrogens (tertiary/aromatic N) is 4. The molecule has 120 valence electrons. The number of carboxylic acid groups (broad SMARTS) is 1. The van der Waals surface area contributed by atoms with Gasteiger partial charge in [-0.3, -0.25) is 4.79 Å². The quantitative estimate of drug-likeness (QED) is 0.923. The van der Waals surface area contributed by atoms with E-state index in [9.17, 15) is 9.59 Å². The van der Waals surface area contributed by atoms with Crippen LogP contribution < -0.4 is 0 Å². The maximum absolute atomic E-state index is 12.5. The molecule has 1 aliphatic rings. The van der Waals surface area contributed by atoms with Gasteiger partial charge in [-0.05, 0) is 19.4 Å². The van der Waals surface area contributed by atoms with Gasteiger partial charge in [0, 0.05) is 13.1 Å². The van der Waals surface area contributed by atoms with Crippen molar-refractivity contribution in [3.8, 4) is 0 Å². The highest BCUT2D eigenvalue weighted by Gasteiger charge is 2.35. The van der Waals surface area contributed by atoms with Crippen LogP contribution in [0.1, 0.15) is 40.5 Å². The normalized spacial score (nSPS) is 16.0. The molecule has 0 radical (unpaired) electrons. The number of rotatable bonds is 4. The first-order valence-electron chi connectivity index (χ1n) is 7.46. The van der Waals surface area contributed by atoms with Crippen molar-refractivity contribution in [2.75, 3.05) is 13.1 Å². The van der Waals surface area contributed by atoms with Crippen LogP contribution in [0.5, 0.6) is 0 Å². The van der Waals surface area contributed by atoms with Gasteiger partial charge >= 0.3 is 5.97 Å². The van der Waals surface area contributed by atoms with E-state index < -0.39 is 5.97 Å². The van der Waals surface area contributed by atoms with Crippen molar-refractivity contribution in [1.82, 2.24) is 19.9 Å². The number of aryl methyl sites for hydroxylation is 1. The minimum absolute atomic E-state index is 0.00994. The highest BCUT2D eigenvalue weighted by atomic mass is 16.4. The minimum Gasteiger partial charge on any atom is -0.476 e. The number of amides is 1. The van der Waals surface area contributed by atoms with Gasteiger partial charge in [0.05, 0.1) is 18.2 Å². The fraction of sp³-hybridized carbons (Fsp3) is 0.375. The summed E-state index contributed by atoms with van der Waals surface area (Å²) in [6.07, 6.45) is 1.40.